The first kappa shape index (κ1) is 26.3. The van der Waals surface area contributed by atoms with Gasteiger partial charge in [-0.05, 0) is 69.7 Å². The highest BCUT2D eigenvalue weighted by molar-refractivity contribution is 6.46. The Balaban J connectivity index is 2.08. The Hall–Kier alpha value is -3.32. The predicted octanol–water partition coefficient (Wildman–Crippen LogP) is 4.41. The van der Waals surface area contributed by atoms with Gasteiger partial charge in [-0.1, -0.05) is 32.0 Å². The molecule has 0 radical (unpaired) electrons. The van der Waals surface area contributed by atoms with E-state index in [1.165, 1.54) is 0 Å². The fourth-order valence-electron chi connectivity index (χ4n) is 4.25. The van der Waals surface area contributed by atoms with Gasteiger partial charge in [-0.15, -0.1) is 0 Å². The standard InChI is InChI=1S/C28H36N2O5/c1-18(2)17-35-22-13-12-20(16-19(22)3)26(31)24-25(21-10-7-8-11-23(21)34-6)30(28(33)27(24)32)15-9-14-29(4)5/h7-8,10-13,16,18,25,31H,9,14-15,17H2,1-6H3/b26-24+/t25-/m1/s1. The number of Topliss-reactive ketones (excluding diaryl/α,β-unsaturated/α-hetero) is 1. The highest BCUT2D eigenvalue weighted by Crippen LogP contribution is 2.43. The second kappa shape index (κ2) is 11.4. The summed E-state index contributed by atoms with van der Waals surface area (Å²) < 4.78 is 11.4. The lowest BCUT2D eigenvalue weighted by Crippen LogP contribution is -2.32. The van der Waals surface area contributed by atoms with Gasteiger partial charge in [-0.25, -0.2) is 0 Å². The van der Waals surface area contributed by atoms with Crippen LogP contribution in [-0.4, -0.2) is 67.5 Å². The van der Waals surface area contributed by atoms with E-state index in [9.17, 15) is 14.7 Å². The molecule has 1 amide bonds. The molecule has 1 saturated heterocycles. The Kier molecular flexibility index (Phi) is 8.57. The maximum atomic E-state index is 13.3. The van der Waals surface area contributed by atoms with Crippen LogP contribution in [-0.2, 0) is 9.59 Å². The number of carbonyl (C=O) groups excluding carboxylic acids is 2. The van der Waals surface area contributed by atoms with E-state index in [0.717, 1.165) is 17.9 Å². The maximum Gasteiger partial charge on any atom is 0.295 e. The molecule has 2 aromatic carbocycles. The Labute approximate surface area is 207 Å². The molecule has 0 aliphatic carbocycles. The van der Waals surface area contributed by atoms with Gasteiger partial charge in [0, 0.05) is 17.7 Å². The Morgan fingerprint density at radius 2 is 1.83 bits per heavy atom. The van der Waals surface area contributed by atoms with Crippen LogP contribution < -0.4 is 9.47 Å². The number of ketones is 1. The van der Waals surface area contributed by atoms with Crippen molar-refractivity contribution in [1.82, 2.24) is 9.80 Å². The number of para-hydroxylation sites is 1. The van der Waals surface area contributed by atoms with Crippen LogP contribution in [0, 0.1) is 12.8 Å². The van der Waals surface area contributed by atoms with Gasteiger partial charge in [0.25, 0.3) is 11.7 Å². The van der Waals surface area contributed by atoms with Crippen molar-refractivity contribution in [2.75, 3.05) is 40.9 Å². The third-order valence-corrected chi connectivity index (χ3v) is 6.00. The molecular weight excluding hydrogens is 444 g/mol. The Morgan fingerprint density at radius 3 is 2.46 bits per heavy atom. The molecule has 1 heterocycles. The summed E-state index contributed by atoms with van der Waals surface area (Å²) in [6.45, 7) is 7.76. The number of ether oxygens (including phenoxy) is 2. The largest absolute Gasteiger partial charge is 0.507 e. The minimum Gasteiger partial charge on any atom is -0.507 e. The molecule has 7 heteroatoms. The number of aliphatic hydroxyl groups excluding tert-OH is 1. The number of hydrogen-bond donors (Lipinski definition) is 1. The molecule has 1 N–H and O–H groups in total. The minimum atomic E-state index is -0.745. The van der Waals surface area contributed by atoms with Crippen molar-refractivity contribution < 1.29 is 24.2 Å². The molecule has 7 nitrogen and oxygen atoms in total. The van der Waals surface area contributed by atoms with Crippen LogP contribution in [0.3, 0.4) is 0 Å². The van der Waals surface area contributed by atoms with E-state index >= 15 is 0 Å². The fraction of sp³-hybridized carbons (Fsp3) is 0.429. The first-order valence-electron chi connectivity index (χ1n) is 12.0. The van der Waals surface area contributed by atoms with E-state index in [0.29, 0.717) is 42.4 Å². The molecule has 35 heavy (non-hydrogen) atoms. The van der Waals surface area contributed by atoms with E-state index in [1.54, 1.807) is 36.3 Å². The van der Waals surface area contributed by atoms with E-state index in [4.69, 9.17) is 9.47 Å². The van der Waals surface area contributed by atoms with Crippen LogP contribution in [0.2, 0.25) is 0 Å². The number of nitrogens with zero attached hydrogens (tertiary/aromatic N) is 2. The molecule has 0 aromatic heterocycles. The number of rotatable bonds is 10. The van der Waals surface area contributed by atoms with Gasteiger partial charge in [-0.2, -0.15) is 0 Å². The topological polar surface area (TPSA) is 79.3 Å². The molecular formula is C28H36N2O5. The number of likely N-dealkylation sites (tertiary alicyclic amines) is 1. The molecule has 0 spiro atoms. The summed E-state index contributed by atoms with van der Waals surface area (Å²) in [4.78, 5) is 30.0. The van der Waals surface area contributed by atoms with Crippen LogP contribution in [0.5, 0.6) is 11.5 Å². The first-order chi connectivity index (χ1) is 16.6. The molecule has 0 unspecified atom stereocenters. The van der Waals surface area contributed by atoms with Crippen LogP contribution in [0.1, 0.15) is 43.0 Å². The van der Waals surface area contributed by atoms with Crippen molar-refractivity contribution in [3.05, 3.63) is 64.7 Å². The molecule has 3 rings (SSSR count). The number of benzene rings is 2. The molecule has 2 aromatic rings. The van der Waals surface area contributed by atoms with Gasteiger partial charge >= 0.3 is 0 Å². The zero-order valence-electron chi connectivity index (χ0n) is 21.5. The van der Waals surface area contributed by atoms with Crippen LogP contribution >= 0.6 is 0 Å². The zero-order valence-corrected chi connectivity index (χ0v) is 21.5. The number of hydrogen-bond acceptors (Lipinski definition) is 6. The average molecular weight is 481 g/mol. The smallest absolute Gasteiger partial charge is 0.295 e. The molecule has 1 aliphatic heterocycles. The highest BCUT2D eigenvalue weighted by Gasteiger charge is 2.46. The second-order valence-electron chi connectivity index (χ2n) is 9.58. The summed E-state index contributed by atoms with van der Waals surface area (Å²) in [7, 11) is 5.47. The fourth-order valence-corrected chi connectivity index (χ4v) is 4.25. The van der Waals surface area contributed by atoms with Crippen LogP contribution in [0.25, 0.3) is 5.76 Å². The molecule has 0 bridgehead atoms. The summed E-state index contributed by atoms with van der Waals surface area (Å²) in [6.07, 6.45) is 0.687. The monoisotopic (exact) mass is 480 g/mol. The summed E-state index contributed by atoms with van der Waals surface area (Å²) >= 11 is 0. The van der Waals surface area contributed by atoms with Gasteiger partial charge < -0.3 is 24.4 Å². The lowest BCUT2D eigenvalue weighted by Gasteiger charge is -2.27. The van der Waals surface area contributed by atoms with Gasteiger partial charge in [0.05, 0.1) is 25.3 Å². The molecule has 0 saturated carbocycles. The molecule has 1 atom stereocenters. The predicted molar refractivity (Wildman–Crippen MR) is 137 cm³/mol. The Morgan fingerprint density at radius 1 is 1.11 bits per heavy atom. The third kappa shape index (κ3) is 5.85. The molecule has 188 valence electrons. The maximum absolute atomic E-state index is 13.3. The Bertz CT molecular complexity index is 1110. The number of aryl methyl sites for hydroxylation is 1. The normalized spacial score (nSPS) is 17.5. The second-order valence-corrected chi connectivity index (χ2v) is 9.58. The molecule has 1 fully saturated rings. The quantitative estimate of drug-likeness (QED) is 0.308. The number of amides is 1. The van der Waals surface area contributed by atoms with Gasteiger partial charge in [0.15, 0.2) is 0 Å². The SMILES string of the molecule is COc1ccccc1[C@@H]1/C(=C(\O)c2ccc(OCC(C)C)c(C)c2)C(=O)C(=O)N1CCCN(C)C. The average Bonchev–Trinajstić information content (AvgIpc) is 3.07. The number of methoxy groups -OCH3 is 1. The van der Waals surface area contributed by atoms with E-state index in [-0.39, 0.29) is 11.3 Å². The lowest BCUT2D eigenvalue weighted by molar-refractivity contribution is -0.140. The van der Waals surface area contributed by atoms with E-state index in [2.05, 4.69) is 13.8 Å². The van der Waals surface area contributed by atoms with Crippen LogP contribution in [0.15, 0.2) is 48.0 Å². The minimum absolute atomic E-state index is 0.0691. The third-order valence-electron chi connectivity index (χ3n) is 6.00. The summed E-state index contributed by atoms with van der Waals surface area (Å²) in [5.41, 5.74) is 2.03. The van der Waals surface area contributed by atoms with Crippen molar-refractivity contribution in [2.24, 2.45) is 5.92 Å². The van der Waals surface area contributed by atoms with E-state index < -0.39 is 17.7 Å². The van der Waals surface area contributed by atoms with Gasteiger partial charge in [0.1, 0.15) is 17.3 Å². The number of carbonyl (C=O) groups is 2. The zero-order chi connectivity index (χ0) is 25.7. The highest BCUT2D eigenvalue weighted by atomic mass is 16.5. The number of aliphatic hydroxyl groups is 1. The van der Waals surface area contributed by atoms with Gasteiger partial charge in [0.2, 0.25) is 0 Å². The summed E-state index contributed by atoms with van der Waals surface area (Å²) in [5, 5.41) is 11.4. The van der Waals surface area contributed by atoms with Crippen molar-refractivity contribution >= 4 is 17.4 Å². The lowest BCUT2D eigenvalue weighted by atomic mass is 9.94. The van der Waals surface area contributed by atoms with Crippen LogP contribution in [0.4, 0.5) is 0 Å². The van der Waals surface area contributed by atoms with Crippen molar-refractivity contribution in [1.29, 1.82) is 0 Å². The summed E-state index contributed by atoms with van der Waals surface area (Å²) in [6, 6.07) is 11.8. The van der Waals surface area contributed by atoms with E-state index in [1.807, 2.05) is 44.1 Å². The van der Waals surface area contributed by atoms with Crippen molar-refractivity contribution in [3.8, 4) is 11.5 Å². The van der Waals surface area contributed by atoms with Crippen molar-refractivity contribution in [2.45, 2.75) is 33.2 Å². The van der Waals surface area contributed by atoms with Gasteiger partial charge in [-0.3, -0.25) is 9.59 Å². The first-order valence-corrected chi connectivity index (χ1v) is 12.0. The summed E-state index contributed by atoms with van der Waals surface area (Å²) in [5.74, 6) is 0.146. The molecule has 1 aliphatic rings. The van der Waals surface area contributed by atoms with Crippen molar-refractivity contribution in [3.63, 3.8) is 0 Å².